The minimum Gasteiger partial charge on any atom is -0.337 e. The maximum Gasteiger partial charge on any atom is 0.138 e. The molecule has 3 heterocycles. The second-order valence-corrected chi connectivity index (χ2v) is 15.2. The molecule has 0 spiro atoms. The summed E-state index contributed by atoms with van der Waals surface area (Å²) in [5.74, 6) is 1.54. The van der Waals surface area contributed by atoms with Crippen LogP contribution in [0.1, 0.15) is 53.4 Å². The van der Waals surface area contributed by atoms with Crippen molar-refractivity contribution in [3.63, 3.8) is 0 Å². The molecule has 3 unspecified atom stereocenters. The Morgan fingerprint density at radius 1 is 0.696 bits per heavy atom. The quantitative estimate of drug-likeness (QED) is 0.171. The molecule has 0 amide bonds. The number of nitrogens with zero attached hydrogens (tertiary/aromatic N) is 3. The number of hydrogen-bond acceptors (Lipinski definition) is 2. The predicted molar refractivity (Wildman–Crippen MR) is 232 cm³/mol. The van der Waals surface area contributed by atoms with Crippen LogP contribution in [0.15, 0.2) is 188 Å². The van der Waals surface area contributed by atoms with Crippen LogP contribution in [0, 0.1) is 12.1 Å². The molecule has 3 nitrogen and oxygen atoms in total. The van der Waals surface area contributed by atoms with E-state index in [1.54, 1.807) is 0 Å². The lowest BCUT2D eigenvalue weighted by molar-refractivity contribution is 0.683. The van der Waals surface area contributed by atoms with Gasteiger partial charge in [-0.05, 0) is 101 Å². The minimum atomic E-state index is 0.185. The summed E-state index contributed by atoms with van der Waals surface area (Å²) in [6.45, 7) is 0. The molecule has 5 aromatic carbocycles. The lowest BCUT2D eigenvalue weighted by atomic mass is 9.86. The van der Waals surface area contributed by atoms with Gasteiger partial charge in [0.15, 0.2) is 0 Å². The van der Waals surface area contributed by atoms with Gasteiger partial charge in [-0.2, -0.15) is 0 Å². The number of para-hydroxylation sites is 1. The van der Waals surface area contributed by atoms with E-state index in [0.717, 1.165) is 58.1 Å². The molecule has 266 valence electrons. The maximum atomic E-state index is 5.34. The Balaban J connectivity index is 1.01. The van der Waals surface area contributed by atoms with Crippen LogP contribution in [0.25, 0.3) is 50.0 Å². The zero-order chi connectivity index (χ0) is 37.0. The fourth-order valence-electron chi connectivity index (χ4n) is 9.29. The van der Waals surface area contributed by atoms with Crippen molar-refractivity contribution in [2.75, 3.05) is 4.90 Å². The Kier molecular flexibility index (Phi) is 7.81. The molecule has 4 aliphatic rings. The van der Waals surface area contributed by atoms with E-state index < -0.39 is 0 Å². The lowest BCUT2D eigenvalue weighted by Gasteiger charge is -2.34. The number of anilines is 1. The maximum absolute atomic E-state index is 5.34. The van der Waals surface area contributed by atoms with Gasteiger partial charge in [0.1, 0.15) is 5.82 Å². The van der Waals surface area contributed by atoms with Gasteiger partial charge in [0.05, 0.1) is 28.2 Å². The normalized spacial score (nSPS) is 19.7. The molecule has 56 heavy (non-hydrogen) atoms. The number of hydrogen-bond donors (Lipinski definition) is 0. The number of pyridine rings is 1. The lowest BCUT2D eigenvalue weighted by Crippen LogP contribution is -2.33. The van der Waals surface area contributed by atoms with E-state index in [0.29, 0.717) is 5.92 Å². The van der Waals surface area contributed by atoms with Crippen molar-refractivity contribution < 1.29 is 0 Å². The molecule has 3 aliphatic carbocycles. The second kappa shape index (κ2) is 13.4. The summed E-state index contributed by atoms with van der Waals surface area (Å²) in [7, 11) is 0. The fourth-order valence-corrected chi connectivity index (χ4v) is 9.29. The first-order valence-electron chi connectivity index (χ1n) is 19.8. The van der Waals surface area contributed by atoms with Crippen LogP contribution in [-0.4, -0.2) is 15.6 Å². The van der Waals surface area contributed by atoms with Crippen molar-refractivity contribution in [2.45, 2.75) is 37.1 Å². The van der Waals surface area contributed by atoms with Crippen LogP contribution in [0.3, 0.4) is 0 Å². The number of fused-ring (bicyclic) bond motifs is 6. The molecule has 0 saturated carbocycles. The Labute approximate surface area is 328 Å². The van der Waals surface area contributed by atoms with Crippen LogP contribution >= 0.6 is 0 Å². The van der Waals surface area contributed by atoms with Crippen molar-refractivity contribution in [1.29, 1.82) is 0 Å². The van der Waals surface area contributed by atoms with Crippen LogP contribution in [-0.2, 0) is 0 Å². The molecular formula is C53H39N3. The number of benzene rings is 4. The molecule has 3 atom stereocenters. The van der Waals surface area contributed by atoms with E-state index >= 15 is 0 Å². The molecule has 2 aromatic heterocycles. The minimum absolute atomic E-state index is 0.185. The number of rotatable bonds is 6. The van der Waals surface area contributed by atoms with Gasteiger partial charge in [0, 0.05) is 34.2 Å². The Bertz CT molecular complexity index is 2850. The Morgan fingerprint density at radius 2 is 1.55 bits per heavy atom. The van der Waals surface area contributed by atoms with Crippen molar-refractivity contribution in [3.8, 4) is 17.1 Å². The van der Waals surface area contributed by atoms with Crippen LogP contribution in [0.4, 0.5) is 5.69 Å². The summed E-state index contributed by atoms with van der Waals surface area (Å²) in [6.07, 6.45) is 24.2. The highest BCUT2D eigenvalue weighted by atomic mass is 15.2. The van der Waals surface area contributed by atoms with Gasteiger partial charge in [0.25, 0.3) is 0 Å². The zero-order valence-corrected chi connectivity index (χ0v) is 31.0. The first-order chi connectivity index (χ1) is 27.8. The molecule has 0 saturated heterocycles. The van der Waals surface area contributed by atoms with Gasteiger partial charge in [0.2, 0.25) is 0 Å². The highest BCUT2D eigenvalue weighted by Crippen LogP contribution is 2.49. The van der Waals surface area contributed by atoms with Gasteiger partial charge in [-0.3, -0.25) is 4.57 Å². The van der Waals surface area contributed by atoms with E-state index in [1.807, 2.05) is 6.07 Å². The Hall–Kier alpha value is -6.89. The summed E-state index contributed by atoms with van der Waals surface area (Å²) in [5.41, 5.74) is 14.5. The van der Waals surface area contributed by atoms with E-state index in [-0.39, 0.29) is 12.0 Å². The van der Waals surface area contributed by atoms with E-state index in [9.17, 15) is 0 Å². The highest BCUT2D eigenvalue weighted by molar-refractivity contribution is 6.09. The van der Waals surface area contributed by atoms with E-state index in [1.165, 1.54) is 44.8 Å². The zero-order valence-electron chi connectivity index (χ0n) is 31.0. The largest absolute Gasteiger partial charge is 0.337 e. The first kappa shape index (κ1) is 32.5. The summed E-state index contributed by atoms with van der Waals surface area (Å²) in [5, 5.41) is 2.20. The predicted octanol–water partition coefficient (Wildman–Crippen LogP) is 12.7. The SMILES string of the molecule is c1ccc2c(c#1)c1cc(C3=CC4C(C=C3)c3ccccc3N4C3=CC=CC(c4ccccc4)C3)ccc1n2-c1cc(C2=CCCC=C2)cc(-c2ccccc2)n1. The Morgan fingerprint density at radius 3 is 2.43 bits per heavy atom. The molecule has 0 radical (unpaired) electrons. The van der Waals surface area contributed by atoms with Crippen molar-refractivity contribution in [3.05, 3.63) is 222 Å². The summed E-state index contributed by atoms with van der Waals surface area (Å²) in [6, 6.07) is 52.8. The van der Waals surface area contributed by atoms with Crippen molar-refractivity contribution in [1.82, 2.24) is 9.55 Å². The molecule has 0 fully saturated rings. The standard InChI is InChI=1S/C53H39N3/c1-4-15-36(16-5-1)39-21-14-22-43(31-39)55-49-25-12-10-23-44(49)46-29-27-41(34-52(46)55)40-28-30-51-47(32-40)45-24-11-13-26-50(45)56(51)53-35-42(37-17-6-2-7-18-37)33-48(54-53)38-19-8-3-9-20-38/h1,3-6,8-10,12-23,25-30,32-35,39,46,52H,2,7,31H2. The fraction of sp³-hybridized carbons (Fsp3) is 0.113. The van der Waals surface area contributed by atoms with E-state index in [2.05, 4.69) is 198 Å². The van der Waals surface area contributed by atoms with Crippen LogP contribution in [0.2, 0.25) is 0 Å². The van der Waals surface area contributed by atoms with Gasteiger partial charge < -0.3 is 4.90 Å². The number of aromatic nitrogens is 2. The van der Waals surface area contributed by atoms with Gasteiger partial charge >= 0.3 is 0 Å². The smallest absolute Gasteiger partial charge is 0.138 e. The topological polar surface area (TPSA) is 21.1 Å². The van der Waals surface area contributed by atoms with Crippen molar-refractivity contribution in [2.24, 2.45) is 0 Å². The van der Waals surface area contributed by atoms with Crippen molar-refractivity contribution >= 4 is 38.6 Å². The second-order valence-electron chi connectivity index (χ2n) is 15.2. The average molecular weight is 718 g/mol. The monoisotopic (exact) mass is 717 g/mol. The first-order valence-corrected chi connectivity index (χ1v) is 19.8. The van der Waals surface area contributed by atoms with Crippen LogP contribution in [0.5, 0.6) is 0 Å². The molecule has 1 aliphatic heterocycles. The molecule has 11 rings (SSSR count). The van der Waals surface area contributed by atoms with Gasteiger partial charge in [-0.1, -0.05) is 146 Å². The molecular weight excluding hydrogens is 679 g/mol. The van der Waals surface area contributed by atoms with E-state index in [4.69, 9.17) is 4.98 Å². The third-order valence-electron chi connectivity index (χ3n) is 12.0. The summed E-state index contributed by atoms with van der Waals surface area (Å²) >= 11 is 0. The summed E-state index contributed by atoms with van der Waals surface area (Å²) in [4.78, 5) is 7.94. The molecule has 0 bridgehead atoms. The summed E-state index contributed by atoms with van der Waals surface area (Å²) < 4.78 is 2.31. The van der Waals surface area contributed by atoms with Crippen LogP contribution < -0.4 is 4.90 Å². The van der Waals surface area contributed by atoms with Gasteiger partial charge in [-0.15, -0.1) is 0 Å². The van der Waals surface area contributed by atoms with Gasteiger partial charge in [-0.25, -0.2) is 4.98 Å². The highest BCUT2D eigenvalue weighted by Gasteiger charge is 2.39. The molecule has 7 aromatic rings. The third-order valence-corrected chi connectivity index (χ3v) is 12.0. The number of allylic oxidation sites excluding steroid dienone is 10. The molecule has 3 heteroatoms. The average Bonchev–Trinajstić information content (AvgIpc) is 3.79. The third kappa shape index (κ3) is 5.49. The molecule has 0 N–H and O–H groups in total.